The Kier molecular flexibility index (Phi) is 2.73. The number of ether oxygens (including phenoxy) is 1. The van der Waals surface area contributed by atoms with Crippen molar-refractivity contribution in [1.82, 2.24) is 4.98 Å². The summed E-state index contributed by atoms with van der Waals surface area (Å²) in [5, 5.41) is 6.60. The lowest BCUT2D eigenvalue weighted by Crippen LogP contribution is -1.99. The van der Waals surface area contributed by atoms with Crippen molar-refractivity contribution in [1.29, 1.82) is 0 Å². The van der Waals surface area contributed by atoms with Crippen LogP contribution in [0.15, 0.2) is 23.6 Å². The fourth-order valence-corrected chi connectivity index (χ4v) is 2.59. The molecule has 1 aliphatic heterocycles. The number of hydrogen-bond donors (Lipinski definition) is 1. The average Bonchev–Trinajstić information content (AvgIpc) is 2.94. The minimum Gasteiger partial charge on any atom is -0.493 e. The van der Waals surface area contributed by atoms with Crippen LogP contribution in [0.25, 0.3) is 0 Å². The van der Waals surface area contributed by atoms with Gasteiger partial charge in [0.25, 0.3) is 0 Å². The van der Waals surface area contributed by atoms with Crippen molar-refractivity contribution >= 4 is 17.0 Å². The van der Waals surface area contributed by atoms with Crippen LogP contribution in [0.4, 0.5) is 5.69 Å². The van der Waals surface area contributed by atoms with E-state index in [1.54, 1.807) is 11.3 Å². The molecule has 1 aliphatic rings. The van der Waals surface area contributed by atoms with E-state index in [9.17, 15) is 0 Å². The Labute approximate surface area is 104 Å². The molecule has 4 heteroatoms. The minimum atomic E-state index is 0.782. The predicted octanol–water partition coefficient (Wildman–Crippen LogP) is 3.00. The second kappa shape index (κ2) is 4.37. The SMILES string of the molecule is Cc1nc(CNc2ccc3c(c2)CCO3)cs1. The van der Waals surface area contributed by atoms with Gasteiger partial charge in [-0.15, -0.1) is 11.3 Å². The first-order valence-electron chi connectivity index (χ1n) is 5.72. The van der Waals surface area contributed by atoms with Gasteiger partial charge in [-0.25, -0.2) is 4.98 Å². The molecule has 3 nitrogen and oxygen atoms in total. The smallest absolute Gasteiger partial charge is 0.122 e. The highest BCUT2D eigenvalue weighted by Crippen LogP contribution is 2.28. The third kappa shape index (κ3) is 2.26. The molecule has 0 spiro atoms. The van der Waals surface area contributed by atoms with Crippen LogP contribution in [0.2, 0.25) is 0 Å². The number of fused-ring (bicyclic) bond motifs is 1. The van der Waals surface area contributed by atoms with Crippen LogP contribution < -0.4 is 10.1 Å². The van der Waals surface area contributed by atoms with E-state index in [1.807, 2.05) is 13.0 Å². The van der Waals surface area contributed by atoms with E-state index in [2.05, 4.69) is 27.8 Å². The maximum atomic E-state index is 5.48. The van der Waals surface area contributed by atoms with Crippen LogP contribution in [0, 0.1) is 6.92 Å². The molecule has 1 aromatic heterocycles. The first-order chi connectivity index (χ1) is 8.31. The molecule has 0 bridgehead atoms. The summed E-state index contributed by atoms with van der Waals surface area (Å²) in [6.07, 6.45) is 1.01. The lowest BCUT2D eigenvalue weighted by molar-refractivity contribution is 0.357. The maximum Gasteiger partial charge on any atom is 0.122 e. The molecule has 17 heavy (non-hydrogen) atoms. The van der Waals surface area contributed by atoms with E-state index < -0.39 is 0 Å². The highest BCUT2D eigenvalue weighted by atomic mass is 32.1. The Hall–Kier alpha value is -1.55. The Balaban J connectivity index is 1.69. The number of hydrogen-bond acceptors (Lipinski definition) is 4. The molecule has 0 saturated carbocycles. The summed E-state index contributed by atoms with van der Waals surface area (Å²) < 4.78 is 5.48. The summed E-state index contributed by atoms with van der Waals surface area (Å²) in [5.41, 5.74) is 3.54. The average molecular weight is 246 g/mol. The molecule has 0 fully saturated rings. The van der Waals surface area contributed by atoms with Crippen molar-refractivity contribution in [3.8, 4) is 5.75 Å². The second-order valence-electron chi connectivity index (χ2n) is 4.13. The normalized spacial score (nSPS) is 13.2. The van der Waals surface area contributed by atoms with Gasteiger partial charge in [0.1, 0.15) is 5.75 Å². The number of aromatic nitrogens is 1. The summed E-state index contributed by atoms with van der Waals surface area (Å²) in [5.74, 6) is 1.03. The monoisotopic (exact) mass is 246 g/mol. The van der Waals surface area contributed by atoms with Crippen LogP contribution in [0.1, 0.15) is 16.3 Å². The van der Waals surface area contributed by atoms with Crippen LogP contribution in [-0.4, -0.2) is 11.6 Å². The molecule has 3 rings (SSSR count). The van der Waals surface area contributed by atoms with Crippen molar-refractivity contribution in [2.24, 2.45) is 0 Å². The Morgan fingerprint density at radius 1 is 1.47 bits per heavy atom. The molecule has 2 heterocycles. The summed E-state index contributed by atoms with van der Waals surface area (Å²) in [4.78, 5) is 4.43. The standard InChI is InChI=1S/C13H14N2OS/c1-9-15-12(8-17-9)7-14-11-2-3-13-10(6-11)4-5-16-13/h2-3,6,8,14H,4-5,7H2,1H3. The van der Waals surface area contributed by atoms with Gasteiger partial charge in [-0.2, -0.15) is 0 Å². The van der Waals surface area contributed by atoms with Crippen molar-refractivity contribution in [2.75, 3.05) is 11.9 Å². The number of benzene rings is 1. The summed E-state index contributed by atoms with van der Waals surface area (Å²) in [6.45, 7) is 3.62. The molecule has 0 saturated heterocycles. The Morgan fingerprint density at radius 3 is 3.24 bits per heavy atom. The van der Waals surface area contributed by atoms with Gasteiger partial charge in [-0.1, -0.05) is 0 Å². The Bertz CT molecular complexity index is 536. The summed E-state index contributed by atoms with van der Waals surface area (Å²) in [6, 6.07) is 6.27. The van der Waals surface area contributed by atoms with Gasteiger partial charge in [-0.05, 0) is 30.7 Å². The molecule has 0 aliphatic carbocycles. The molecule has 0 radical (unpaired) electrons. The fourth-order valence-electron chi connectivity index (χ4n) is 1.98. The topological polar surface area (TPSA) is 34.2 Å². The number of nitrogens with zero attached hydrogens (tertiary/aromatic N) is 1. The van der Waals surface area contributed by atoms with Gasteiger partial charge in [0.15, 0.2) is 0 Å². The molecule has 88 valence electrons. The largest absolute Gasteiger partial charge is 0.493 e. The van der Waals surface area contributed by atoms with Gasteiger partial charge in [-0.3, -0.25) is 0 Å². The number of nitrogens with one attached hydrogen (secondary N) is 1. The van der Waals surface area contributed by atoms with Crippen LogP contribution in [-0.2, 0) is 13.0 Å². The molecule has 0 unspecified atom stereocenters. The highest BCUT2D eigenvalue weighted by Gasteiger charge is 2.11. The van der Waals surface area contributed by atoms with Gasteiger partial charge in [0.05, 0.1) is 23.9 Å². The molecule has 1 aromatic carbocycles. The van der Waals surface area contributed by atoms with Crippen LogP contribution >= 0.6 is 11.3 Å². The third-order valence-electron chi connectivity index (χ3n) is 2.83. The number of anilines is 1. The van der Waals surface area contributed by atoms with E-state index in [4.69, 9.17) is 4.74 Å². The van der Waals surface area contributed by atoms with E-state index in [0.29, 0.717) is 0 Å². The van der Waals surface area contributed by atoms with E-state index in [1.165, 1.54) is 5.56 Å². The van der Waals surface area contributed by atoms with E-state index in [-0.39, 0.29) is 0 Å². The zero-order valence-electron chi connectivity index (χ0n) is 9.69. The first-order valence-corrected chi connectivity index (χ1v) is 6.60. The maximum absolute atomic E-state index is 5.48. The fraction of sp³-hybridized carbons (Fsp3) is 0.308. The van der Waals surface area contributed by atoms with Gasteiger partial charge in [0, 0.05) is 17.5 Å². The highest BCUT2D eigenvalue weighted by molar-refractivity contribution is 7.09. The Morgan fingerprint density at radius 2 is 2.41 bits per heavy atom. The van der Waals surface area contributed by atoms with Crippen molar-refractivity contribution < 1.29 is 4.74 Å². The zero-order valence-corrected chi connectivity index (χ0v) is 10.5. The summed E-state index contributed by atoms with van der Waals surface area (Å²) >= 11 is 1.69. The van der Waals surface area contributed by atoms with Crippen molar-refractivity contribution in [2.45, 2.75) is 19.9 Å². The number of rotatable bonds is 3. The molecule has 1 N–H and O–H groups in total. The number of thiazole rings is 1. The predicted molar refractivity (Wildman–Crippen MR) is 69.8 cm³/mol. The minimum absolute atomic E-state index is 0.782. The lowest BCUT2D eigenvalue weighted by Gasteiger charge is -2.06. The third-order valence-corrected chi connectivity index (χ3v) is 3.65. The van der Waals surface area contributed by atoms with E-state index >= 15 is 0 Å². The van der Waals surface area contributed by atoms with Crippen molar-refractivity contribution in [3.63, 3.8) is 0 Å². The van der Waals surface area contributed by atoms with Crippen LogP contribution in [0.5, 0.6) is 5.75 Å². The number of aryl methyl sites for hydroxylation is 1. The second-order valence-corrected chi connectivity index (χ2v) is 5.19. The molecule has 2 aromatic rings. The first kappa shape index (κ1) is 10.6. The van der Waals surface area contributed by atoms with Crippen LogP contribution in [0.3, 0.4) is 0 Å². The molecular formula is C13H14N2OS. The lowest BCUT2D eigenvalue weighted by atomic mass is 10.1. The van der Waals surface area contributed by atoms with E-state index in [0.717, 1.165) is 41.7 Å². The molecular weight excluding hydrogens is 232 g/mol. The molecule has 0 atom stereocenters. The zero-order chi connectivity index (χ0) is 11.7. The van der Waals surface area contributed by atoms with Crippen molar-refractivity contribution in [3.05, 3.63) is 39.8 Å². The molecule has 0 amide bonds. The van der Waals surface area contributed by atoms with Gasteiger partial charge < -0.3 is 10.1 Å². The van der Waals surface area contributed by atoms with Gasteiger partial charge >= 0.3 is 0 Å². The van der Waals surface area contributed by atoms with Gasteiger partial charge in [0.2, 0.25) is 0 Å². The quantitative estimate of drug-likeness (QED) is 0.904. The summed E-state index contributed by atoms with van der Waals surface area (Å²) in [7, 11) is 0.